The normalized spacial score (nSPS) is 16.8. The maximum atomic E-state index is 11.5. The highest BCUT2D eigenvalue weighted by Crippen LogP contribution is 2.19. The molecule has 1 nitrogen and oxygen atoms in total. The summed E-state index contributed by atoms with van der Waals surface area (Å²) < 4.78 is 0. The molecule has 0 atom stereocenters. The first kappa shape index (κ1) is 7.53. The lowest BCUT2D eigenvalue weighted by molar-refractivity contribution is 0.0982. The number of ketones is 1. The van der Waals surface area contributed by atoms with E-state index in [0.29, 0.717) is 12.2 Å². The number of aryl methyl sites for hydroxylation is 1. The predicted molar refractivity (Wildman–Crippen MR) is 47.2 cm³/mol. The molecule has 0 aromatic heterocycles. The van der Waals surface area contributed by atoms with Gasteiger partial charge in [0, 0.05) is 12.0 Å². The summed E-state index contributed by atoms with van der Waals surface area (Å²) in [5, 5.41) is 0. The van der Waals surface area contributed by atoms with Gasteiger partial charge in [0.15, 0.2) is 5.78 Å². The zero-order chi connectivity index (χ0) is 8.39. The van der Waals surface area contributed by atoms with Gasteiger partial charge in [0.2, 0.25) is 0 Å². The molecule has 0 bridgehead atoms. The van der Waals surface area contributed by atoms with E-state index in [9.17, 15) is 4.79 Å². The van der Waals surface area contributed by atoms with Crippen LogP contribution in [-0.2, 0) is 6.42 Å². The highest BCUT2D eigenvalue weighted by Gasteiger charge is 2.13. The second-order valence-corrected chi connectivity index (χ2v) is 3.21. The van der Waals surface area contributed by atoms with Gasteiger partial charge in [0.25, 0.3) is 0 Å². The molecule has 1 aromatic carbocycles. The summed E-state index contributed by atoms with van der Waals surface area (Å²) in [6.07, 6.45) is 3.94. The molecule has 0 N–H and O–H groups in total. The molecule has 1 aliphatic rings. The van der Waals surface area contributed by atoms with Crippen molar-refractivity contribution in [2.75, 3.05) is 0 Å². The topological polar surface area (TPSA) is 17.1 Å². The molecule has 0 amide bonds. The monoisotopic (exact) mass is 159 g/mol. The summed E-state index contributed by atoms with van der Waals surface area (Å²) in [4.78, 5) is 11.5. The summed E-state index contributed by atoms with van der Waals surface area (Å²) in [5.41, 5.74) is 2.10. The van der Waals surface area contributed by atoms with Gasteiger partial charge in [0.05, 0.1) is 0 Å². The first-order chi connectivity index (χ1) is 5.88. The Balaban J connectivity index is 2.46. The zero-order valence-electron chi connectivity index (χ0n) is 6.97. The largest absolute Gasteiger partial charge is 0.294 e. The van der Waals surface area contributed by atoms with Crippen LogP contribution in [0.5, 0.6) is 0 Å². The van der Waals surface area contributed by atoms with Crippen molar-refractivity contribution in [3.8, 4) is 0 Å². The van der Waals surface area contributed by atoms with E-state index in [1.165, 1.54) is 5.56 Å². The van der Waals surface area contributed by atoms with Gasteiger partial charge in [-0.3, -0.25) is 4.79 Å². The van der Waals surface area contributed by atoms with Crippen LogP contribution in [0.2, 0.25) is 0 Å². The number of fused-ring (bicyclic) bond motifs is 1. The summed E-state index contributed by atoms with van der Waals surface area (Å²) >= 11 is 0. The first-order valence-corrected chi connectivity index (χ1v) is 4.40. The van der Waals surface area contributed by atoms with Gasteiger partial charge in [-0.1, -0.05) is 12.1 Å². The average molecular weight is 159 g/mol. The fourth-order valence-electron chi connectivity index (χ4n) is 1.68. The van der Waals surface area contributed by atoms with Crippen LogP contribution in [0.4, 0.5) is 0 Å². The van der Waals surface area contributed by atoms with E-state index in [0.717, 1.165) is 24.8 Å². The van der Waals surface area contributed by atoms with Gasteiger partial charge in [-0.25, -0.2) is 0 Å². The highest BCUT2D eigenvalue weighted by molar-refractivity contribution is 5.97. The van der Waals surface area contributed by atoms with Crippen molar-refractivity contribution in [1.82, 2.24) is 0 Å². The summed E-state index contributed by atoms with van der Waals surface area (Å²) in [5.74, 6) is 0.291. The standard InChI is InChI=1S/C11H11O/c12-11-8-4-2-6-9-5-1-3-7-10(9)11/h1,5,7H,2,4,6,8H2. The molecule has 61 valence electrons. The third kappa shape index (κ3) is 1.27. The molecule has 0 heterocycles. The number of Topliss-reactive ketones (excluding diaryl/α,β-unsaturated/α-hetero) is 1. The Morgan fingerprint density at radius 1 is 1.25 bits per heavy atom. The minimum absolute atomic E-state index is 0.291. The molecule has 0 saturated heterocycles. The van der Waals surface area contributed by atoms with Gasteiger partial charge >= 0.3 is 0 Å². The molecule has 0 aliphatic heterocycles. The van der Waals surface area contributed by atoms with Crippen LogP contribution in [0, 0.1) is 6.07 Å². The van der Waals surface area contributed by atoms with E-state index in [1.54, 1.807) is 0 Å². The maximum absolute atomic E-state index is 11.5. The average Bonchev–Trinajstić information content (AvgIpc) is 2.29. The first-order valence-electron chi connectivity index (χ1n) is 4.40. The number of hydrogen-bond donors (Lipinski definition) is 0. The van der Waals surface area contributed by atoms with Crippen LogP contribution in [0.1, 0.15) is 35.2 Å². The lowest BCUT2D eigenvalue weighted by atomic mass is 10.0. The van der Waals surface area contributed by atoms with E-state index < -0.39 is 0 Å². The highest BCUT2D eigenvalue weighted by atomic mass is 16.1. The lowest BCUT2D eigenvalue weighted by Crippen LogP contribution is -1.98. The Kier molecular flexibility index (Phi) is 1.94. The fourth-order valence-corrected chi connectivity index (χ4v) is 1.68. The number of carbonyl (C=O) groups is 1. The summed E-state index contributed by atoms with van der Waals surface area (Å²) in [6, 6.07) is 8.68. The molecule has 0 fully saturated rings. The van der Waals surface area contributed by atoms with Crippen LogP contribution >= 0.6 is 0 Å². The SMILES string of the molecule is O=C1CCCCc2cc[c]cc21. The molecule has 0 spiro atoms. The molecule has 1 aromatic rings. The van der Waals surface area contributed by atoms with E-state index in [-0.39, 0.29) is 0 Å². The zero-order valence-corrected chi connectivity index (χ0v) is 6.97. The number of hydrogen-bond acceptors (Lipinski definition) is 1. The van der Waals surface area contributed by atoms with E-state index in [4.69, 9.17) is 0 Å². The maximum Gasteiger partial charge on any atom is 0.163 e. The number of benzene rings is 1. The van der Waals surface area contributed by atoms with Crippen LogP contribution in [0.3, 0.4) is 0 Å². The predicted octanol–water partition coefficient (Wildman–Crippen LogP) is 2.40. The molecule has 0 saturated carbocycles. The van der Waals surface area contributed by atoms with Crippen molar-refractivity contribution >= 4 is 5.78 Å². The van der Waals surface area contributed by atoms with Crippen LogP contribution < -0.4 is 0 Å². The Morgan fingerprint density at radius 2 is 2.08 bits per heavy atom. The smallest absolute Gasteiger partial charge is 0.163 e. The molecule has 12 heavy (non-hydrogen) atoms. The van der Waals surface area contributed by atoms with Crippen molar-refractivity contribution in [3.63, 3.8) is 0 Å². The van der Waals surface area contributed by atoms with E-state index in [1.807, 2.05) is 18.2 Å². The van der Waals surface area contributed by atoms with E-state index in [2.05, 4.69) is 6.07 Å². The Labute approximate surface area is 72.4 Å². The minimum atomic E-state index is 0.291. The second-order valence-electron chi connectivity index (χ2n) is 3.21. The van der Waals surface area contributed by atoms with Crippen LogP contribution in [0.25, 0.3) is 0 Å². The Morgan fingerprint density at radius 3 is 3.00 bits per heavy atom. The molecular weight excluding hydrogens is 148 g/mol. The van der Waals surface area contributed by atoms with Crippen molar-refractivity contribution < 1.29 is 4.79 Å². The minimum Gasteiger partial charge on any atom is -0.294 e. The van der Waals surface area contributed by atoms with E-state index >= 15 is 0 Å². The van der Waals surface area contributed by atoms with Gasteiger partial charge in [0.1, 0.15) is 0 Å². The van der Waals surface area contributed by atoms with Gasteiger partial charge in [-0.05, 0) is 37.0 Å². The van der Waals surface area contributed by atoms with Crippen LogP contribution in [0.15, 0.2) is 18.2 Å². The number of rotatable bonds is 0. The fraction of sp³-hybridized carbons (Fsp3) is 0.364. The lowest BCUT2D eigenvalue weighted by Gasteiger charge is -2.01. The van der Waals surface area contributed by atoms with Crippen molar-refractivity contribution in [3.05, 3.63) is 35.4 Å². The molecule has 1 radical (unpaired) electrons. The summed E-state index contributed by atoms with van der Waals surface area (Å²) in [6.45, 7) is 0. The molecule has 2 rings (SSSR count). The third-order valence-electron chi connectivity index (χ3n) is 2.35. The van der Waals surface area contributed by atoms with Crippen molar-refractivity contribution in [2.45, 2.75) is 25.7 Å². The third-order valence-corrected chi connectivity index (χ3v) is 2.35. The van der Waals surface area contributed by atoms with Gasteiger partial charge in [-0.15, -0.1) is 0 Å². The quantitative estimate of drug-likeness (QED) is 0.531. The molecule has 1 aliphatic carbocycles. The van der Waals surface area contributed by atoms with Gasteiger partial charge in [-0.2, -0.15) is 0 Å². The van der Waals surface area contributed by atoms with Crippen LogP contribution in [-0.4, -0.2) is 5.78 Å². The Bertz CT molecular complexity index is 302. The van der Waals surface area contributed by atoms with Crippen molar-refractivity contribution in [1.29, 1.82) is 0 Å². The summed E-state index contributed by atoms with van der Waals surface area (Å²) in [7, 11) is 0. The second kappa shape index (κ2) is 3.10. The molecule has 0 unspecified atom stereocenters. The van der Waals surface area contributed by atoms with Gasteiger partial charge < -0.3 is 0 Å². The number of carbonyl (C=O) groups excluding carboxylic acids is 1. The Hall–Kier alpha value is -1.11. The van der Waals surface area contributed by atoms with Crippen molar-refractivity contribution in [2.24, 2.45) is 0 Å². The molecular formula is C11H11O. The molecule has 1 heteroatoms.